The molecule has 154 valence electrons. The van der Waals surface area contributed by atoms with Crippen molar-refractivity contribution in [1.82, 2.24) is 10.6 Å². The van der Waals surface area contributed by atoms with E-state index in [4.69, 9.17) is 9.15 Å². The number of benzene rings is 2. The van der Waals surface area contributed by atoms with Crippen molar-refractivity contribution in [2.45, 2.75) is 13.8 Å². The van der Waals surface area contributed by atoms with Crippen LogP contribution in [0.4, 0.5) is 0 Å². The van der Waals surface area contributed by atoms with Gasteiger partial charge in [-0.15, -0.1) is 0 Å². The molecule has 1 aromatic heterocycles. The maximum Gasteiger partial charge on any atom is 0.268 e. The van der Waals surface area contributed by atoms with E-state index in [0.717, 1.165) is 16.9 Å². The Labute approximate surface area is 175 Å². The summed E-state index contributed by atoms with van der Waals surface area (Å²) in [6, 6.07) is 18.2. The minimum Gasteiger partial charge on any atom is -0.491 e. The zero-order valence-electron chi connectivity index (χ0n) is 17.0. The van der Waals surface area contributed by atoms with Crippen molar-refractivity contribution < 1.29 is 18.7 Å². The molecule has 0 unspecified atom stereocenters. The van der Waals surface area contributed by atoms with Gasteiger partial charge in [0.05, 0.1) is 12.8 Å². The third-order valence-electron chi connectivity index (χ3n) is 4.34. The average molecular weight is 404 g/mol. The number of nitrogens with one attached hydrogen (secondary N) is 2. The first kappa shape index (κ1) is 20.9. The van der Waals surface area contributed by atoms with Crippen LogP contribution < -0.4 is 15.4 Å². The van der Waals surface area contributed by atoms with E-state index >= 15 is 0 Å². The number of furan rings is 1. The molecule has 6 heteroatoms. The second kappa shape index (κ2) is 10.1. The number of para-hydroxylation sites is 1. The summed E-state index contributed by atoms with van der Waals surface area (Å²) >= 11 is 0. The van der Waals surface area contributed by atoms with Gasteiger partial charge >= 0.3 is 0 Å². The van der Waals surface area contributed by atoms with E-state index in [9.17, 15) is 9.59 Å². The molecule has 0 aliphatic heterocycles. The van der Waals surface area contributed by atoms with Crippen molar-refractivity contribution >= 4 is 17.9 Å². The van der Waals surface area contributed by atoms with Gasteiger partial charge in [-0.25, -0.2) is 0 Å². The average Bonchev–Trinajstić information content (AvgIpc) is 3.25. The van der Waals surface area contributed by atoms with E-state index in [2.05, 4.69) is 10.6 Å². The molecule has 0 bridgehead atoms. The number of carbonyl (C=O) groups excluding carboxylic acids is 2. The lowest BCUT2D eigenvalue weighted by Crippen LogP contribution is -2.36. The van der Waals surface area contributed by atoms with Gasteiger partial charge in [0.25, 0.3) is 11.8 Å². The number of aryl methyl sites for hydroxylation is 2. The largest absolute Gasteiger partial charge is 0.491 e. The van der Waals surface area contributed by atoms with Crippen LogP contribution >= 0.6 is 0 Å². The van der Waals surface area contributed by atoms with Gasteiger partial charge in [0.1, 0.15) is 23.8 Å². The van der Waals surface area contributed by atoms with Gasteiger partial charge in [0.2, 0.25) is 0 Å². The monoisotopic (exact) mass is 404 g/mol. The molecule has 0 radical (unpaired) electrons. The topological polar surface area (TPSA) is 80.6 Å². The summed E-state index contributed by atoms with van der Waals surface area (Å²) in [5, 5.41) is 5.44. The van der Waals surface area contributed by atoms with E-state index in [1.54, 1.807) is 30.3 Å². The summed E-state index contributed by atoms with van der Waals surface area (Å²) < 4.78 is 11.0. The third kappa shape index (κ3) is 5.85. The quantitative estimate of drug-likeness (QED) is 0.441. The maximum absolute atomic E-state index is 12.7. The highest BCUT2D eigenvalue weighted by atomic mass is 16.5. The van der Waals surface area contributed by atoms with Crippen LogP contribution in [0.5, 0.6) is 5.75 Å². The number of carbonyl (C=O) groups is 2. The van der Waals surface area contributed by atoms with Crippen molar-refractivity contribution in [2.75, 3.05) is 13.2 Å². The fourth-order valence-electron chi connectivity index (χ4n) is 2.79. The van der Waals surface area contributed by atoms with Crippen LogP contribution in [0, 0.1) is 13.8 Å². The minimum atomic E-state index is -0.430. The molecule has 0 aliphatic carbocycles. The molecule has 30 heavy (non-hydrogen) atoms. The second-order valence-corrected chi connectivity index (χ2v) is 6.77. The van der Waals surface area contributed by atoms with E-state index in [1.807, 2.05) is 44.2 Å². The number of rotatable bonds is 8. The van der Waals surface area contributed by atoms with E-state index < -0.39 is 5.91 Å². The van der Waals surface area contributed by atoms with Gasteiger partial charge in [-0.05, 0) is 49.7 Å². The van der Waals surface area contributed by atoms with Crippen LogP contribution in [0.15, 0.2) is 77.0 Å². The second-order valence-electron chi connectivity index (χ2n) is 6.77. The molecule has 0 spiro atoms. The van der Waals surface area contributed by atoms with Crippen LogP contribution in [-0.2, 0) is 4.79 Å². The number of hydrogen-bond donors (Lipinski definition) is 2. The van der Waals surface area contributed by atoms with Crippen molar-refractivity contribution in [3.63, 3.8) is 0 Å². The molecule has 2 N–H and O–H groups in total. The Bertz CT molecular complexity index is 1040. The Morgan fingerprint density at radius 3 is 2.60 bits per heavy atom. The van der Waals surface area contributed by atoms with Gasteiger partial charge < -0.3 is 19.8 Å². The SMILES string of the molecule is Cc1cccc(C(=O)N/C(=C\c2ccco2)C(=O)NCCOc2ccccc2C)c1. The smallest absolute Gasteiger partial charge is 0.268 e. The Balaban J connectivity index is 1.64. The molecule has 2 aromatic carbocycles. The van der Waals surface area contributed by atoms with Gasteiger partial charge in [0, 0.05) is 11.6 Å². The van der Waals surface area contributed by atoms with Crippen LogP contribution in [-0.4, -0.2) is 25.0 Å². The molecule has 0 atom stereocenters. The first-order chi connectivity index (χ1) is 14.5. The van der Waals surface area contributed by atoms with Crippen molar-refractivity contribution in [3.05, 3.63) is 95.1 Å². The molecule has 6 nitrogen and oxygen atoms in total. The van der Waals surface area contributed by atoms with Crippen molar-refractivity contribution in [1.29, 1.82) is 0 Å². The van der Waals surface area contributed by atoms with E-state index in [1.165, 1.54) is 12.3 Å². The van der Waals surface area contributed by atoms with Crippen molar-refractivity contribution in [3.8, 4) is 5.75 Å². The molecule has 3 rings (SSSR count). The summed E-state index contributed by atoms with van der Waals surface area (Å²) in [7, 11) is 0. The highest BCUT2D eigenvalue weighted by molar-refractivity contribution is 6.05. The van der Waals surface area contributed by atoms with E-state index in [0.29, 0.717) is 17.9 Å². The van der Waals surface area contributed by atoms with E-state index in [-0.39, 0.29) is 18.1 Å². The Morgan fingerprint density at radius 1 is 1.03 bits per heavy atom. The Morgan fingerprint density at radius 2 is 1.87 bits per heavy atom. The zero-order chi connectivity index (χ0) is 21.3. The Hall–Kier alpha value is -3.80. The lowest BCUT2D eigenvalue weighted by molar-refractivity contribution is -0.117. The first-order valence-corrected chi connectivity index (χ1v) is 9.63. The summed E-state index contributed by atoms with van der Waals surface area (Å²) in [6.07, 6.45) is 2.99. The lowest BCUT2D eigenvalue weighted by atomic mass is 10.1. The van der Waals surface area contributed by atoms with Crippen LogP contribution in [0.25, 0.3) is 6.08 Å². The fourth-order valence-corrected chi connectivity index (χ4v) is 2.79. The highest BCUT2D eigenvalue weighted by Gasteiger charge is 2.15. The summed E-state index contributed by atoms with van der Waals surface area (Å²) in [4.78, 5) is 25.3. The van der Waals surface area contributed by atoms with Gasteiger partial charge in [-0.1, -0.05) is 35.9 Å². The molecule has 0 saturated carbocycles. The zero-order valence-corrected chi connectivity index (χ0v) is 17.0. The van der Waals surface area contributed by atoms with Gasteiger partial charge in [-0.2, -0.15) is 0 Å². The Kier molecular flexibility index (Phi) is 7.05. The summed E-state index contributed by atoms with van der Waals surface area (Å²) in [5.41, 5.74) is 2.54. The molecule has 2 amide bonds. The lowest BCUT2D eigenvalue weighted by Gasteiger charge is -2.12. The predicted molar refractivity (Wildman–Crippen MR) is 115 cm³/mol. The molecule has 0 fully saturated rings. The molecule has 0 saturated heterocycles. The standard InChI is InChI=1S/C24H24N2O4/c1-17-7-5-9-19(15-17)23(27)26-21(16-20-10-6-13-29-20)24(28)25-12-14-30-22-11-4-3-8-18(22)2/h3-11,13,15-16H,12,14H2,1-2H3,(H,25,28)(H,26,27)/b21-16-. The normalized spacial score (nSPS) is 11.1. The minimum absolute atomic E-state index is 0.0901. The van der Waals surface area contributed by atoms with Crippen LogP contribution in [0.2, 0.25) is 0 Å². The summed E-state index contributed by atoms with van der Waals surface area (Å²) in [5.74, 6) is 0.426. The van der Waals surface area contributed by atoms with Gasteiger partial charge in [0.15, 0.2) is 0 Å². The molecular formula is C24H24N2O4. The number of amides is 2. The molecular weight excluding hydrogens is 380 g/mol. The van der Waals surface area contributed by atoms with Crippen LogP contribution in [0.1, 0.15) is 27.2 Å². The first-order valence-electron chi connectivity index (χ1n) is 9.63. The molecule has 3 aromatic rings. The predicted octanol–water partition coefficient (Wildman–Crippen LogP) is 3.86. The number of hydrogen-bond acceptors (Lipinski definition) is 4. The fraction of sp³-hybridized carbons (Fsp3) is 0.167. The van der Waals surface area contributed by atoms with Crippen molar-refractivity contribution in [2.24, 2.45) is 0 Å². The van der Waals surface area contributed by atoms with Crippen LogP contribution in [0.3, 0.4) is 0 Å². The molecule has 1 heterocycles. The molecule has 0 aliphatic rings. The summed E-state index contributed by atoms with van der Waals surface area (Å²) in [6.45, 7) is 4.44. The van der Waals surface area contributed by atoms with Gasteiger partial charge in [-0.3, -0.25) is 9.59 Å². The third-order valence-corrected chi connectivity index (χ3v) is 4.34. The number of ether oxygens (including phenoxy) is 1. The maximum atomic E-state index is 12.7. The highest BCUT2D eigenvalue weighted by Crippen LogP contribution is 2.15.